The first-order chi connectivity index (χ1) is 7.29. The Labute approximate surface area is 92.0 Å². The summed E-state index contributed by atoms with van der Waals surface area (Å²) in [6.07, 6.45) is 7.73. The summed E-state index contributed by atoms with van der Waals surface area (Å²) in [7, 11) is 0. The van der Waals surface area contributed by atoms with Gasteiger partial charge >= 0.3 is 0 Å². The van der Waals surface area contributed by atoms with Crippen LogP contribution < -0.4 is 0 Å². The minimum Gasteiger partial charge on any atom is -0.395 e. The van der Waals surface area contributed by atoms with Crippen molar-refractivity contribution >= 4 is 0 Å². The number of aliphatic hydroxyl groups is 1. The third-order valence-corrected chi connectivity index (χ3v) is 4.87. The Morgan fingerprint density at radius 3 is 2.13 bits per heavy atom. The van der Waals surface area contributed by atoms with E-state index in [9.17, 15) is 5.11 Å². The molecule has 4 aliphatic rings. The molecular weight excluding hydrogens is 186 g/mol. The average molecular weight is 207 g/mol. The van der Waals surface area contributed by atoms with Gasteiger partial charge in [0.1, 0.15) is 0 Å². The standard InChI is InChI=1S/C13H21NO/c1-9(8-15)14-6-12-10-2-3-11(5-4-10)13(12)7-14/h2-3,9-13,15H,4-8H2,1H3. The molecule has 2 heteroatoms. The van der Waals surface area contributed by atoms with Crippen LogP contribution in [0.15, 0.2) is 12.2 Å². The van der Waals surface area contributed by atoms with Crippen LogP contribution in [0.4, 0.5) is 0 Å². The van der Waals surface area contributed by atoms with Crippen LogP contribution in [-0.4, -0.2) is 35.7 Å². The third kappa shape index (κ3) is 1.46. The lowest BCUT2D eigenvalue weighted by Gasteiger charge is -2.40. The molecule has 2 nitrogen and oxygen atoms in total. The van der Waals surface area contributed by atoms with Crippen molar-refractivity contribution in [2.75, 3.05) is 19.7 Å². The van der Waals surface area contributed by atoms with E-state index in [0.29, 0.717) is 12.6 Å². The van der Waals surface area contributed by atoms with E-state index >= 15 is 0 Å². The molecule has 3 aliphatic carbocycles. The molecule has 1 aliphatic heterocycles. The molecule has 1 saturated carbocycles. The van der Waals surface area contributed by atoms with E-state index in [1.807, 2.05) is 0 Å². The highest BCUT2D eigenvalue weighted by molar-refractivity contribution is 5.12. The molecular formula is C13H21NO. The molecule has 0 radical (unpaired) electrons. The van der Waals surface area contributed by atoms with Crippen LogP contribution in [0, 0.1) is 23.7 Å². The fraction of sp³-hybridized carbons (Fsp3) is 0.846. The highest BCUT2D eigenvalue weighted by Gasteiger charge is 2.46. The lowest BCUT2D eigenvalue weighted by atomic mass is 9.64. The van der Waals surface area contributed by atoms with Crippen LogP contribution in [0.3, 0.4) is 0 Å². The number of rotatable bonds is 2. The minimum atomic E-state index is 0.308. The van der Waals surface area contributed by atoms with Crippen LogP contribution in [0.2, 0.25) is 0 Å². The third-order valence-electron chi connectivity index (χ3n) is 4.87. The molecule has 2 fully saturated rings. The number of fused-ring (bicyclic) bond motifs is 1. The van der Waals surface area contributed by atoms with E-state index in [1.165, 1.54) is 25.9 Å². The molecule has 5 atom stereocenters. The van der Waals surface area contributed by atoms with Gasteiger partial charge in [0.05, 0.1) is 6.61 Å². The lowest BCUT2D eigenvalue weighted by Crippen LogP contribution is -2.35. The number of aliphatic hydroxyl groups excluding tert-OH is 1. The summed E-state index contributed by atoms with van der Waals surface area (Å²) in [6, 6.07) is 0.356. The summed E-state index contributed by atoms with van der Waals surface area (Å²) in [4.78, 5) is 2.49. The molecule has 0 amide bonds. The van der Waals surface area contributed by atoms with Crippen molar-refractivity contribution in [1.29, 1.82) is 0 Å². The van der Waals surface area contributed by atoms with E-state index < -0.39 is 0 Å². The maximum absolute atomic E-state index is 9.22. The predicted molar refractivity (Wildman–Crippen MR) is 60.5 cm³/mol. The maximum atomic E-state index is 9.22. The van der Waals surface area contributed by atoms with Crippen LogP contribution >= 0.6 is 0 Å². The van der Waals surface area contributed by atoms with Gasteiger partial charge < -0.3 is 5.11 Å². The molecule has 84 valence electrons. The normalized spacial score (nSPS) is 45.7. The fourth-order valence-corrected chi connectivity index (χ4v) is 3.84. The van der Waals surface area contributed by atoms with E-state index in [0.717, 1.165) is 23.7 Å². The molecule has 0 aromatic rings. The largest absolute Gasteiger partial charge is 0.395 e. The molecule has 5 unspecified atom stereocenters. The van der Waals surface area contributed by atoms with Crippen molar-refractivity contribution in [3.63, 3.8) is 0 Å². The van der Waals surface area contributed by atoms with Crippen molar-refractivity contribution in [2.24, 2.45) is 23.7 Å². The Kier molecular flexibility index (Phi) is 2.37. The van der Waals surface area contributed by atoms with Crippen molar-refractivity contribution < 1.29 is 5.11 Å². The Balaban J connectivity index is 1.76. The number of allylic oxidation sites excluding steroid dienone is 2. The summed E-state index contributed by atoms with van der Waals surface area (Å²) >= 11 is 0. The first kappa shape index (κ1) is 9.86. The molecule has 1 heterocycles. The SMILES string of the molecule is CC(CO)N1CC2C3C=CC(CC3)C2C1. The van der Waals surface area contributed by atoms with Crippen LogP contribution in [0.1, 0.15) is 19.8 Å². The molecule has 0 aromatic carbocycles. The summed E-state index contributed by atoms with van der Waals surface area (Å²) < 4.78 is 0. The average Bonchev–Trinajstić information content (AvgIpc) is 2.76. The Morgan fingerprint density at radius 1 is 1.20 bits per heavy atom. The zero-order valence-corrected chi connectivity index (χ0v) is 9.47. The molecule has 1 saturated heterocycles. The van der Waals surface area contributed by atoms with E-state index in [2.05, 4.69) is 24.0 Å². The summed E-state index contributed by atoms with van der Waals surface area (Å²) in [5, 5.41) is 9.22. The van der Waals surface area contributed by atoms with Crippen molar-refractivity contribution in [1.82, 2.24) is 4.90 Å². The Morgan fingerprint density at radius 2 is 1.73 bits per heavy atom. The van der Waals surface area contributed by atoms with E-state index in [-0.39, 0.29) is 0 Å². The molecule has 0 aromatic heterocycles. The summed E-state index contributed by atoms with van der Waals surface area (Å²) in [6.45, 7) is 4.89. The van der Waals surface area contributed by atoms with E-state index in [4.69, 9.17) is 0 Å². The first-order valence-corrected chi connectivity index (χ1v) is 6.33. The number of hydrogen-bond acceptors (Lipinski definition) is 2. The van der Waals surface area contributed by atoms with Gasteiger partial charge in [-0.25, -0.2) is 0 Å². The minimum absolute atomic E-state index is 0.308. The summed E-state index contributed by atoms with van der Waals surface area (Å²) in [5.74, 6) is 3.47. The second kappa shape index (κ2) is 3.60. The molecule has 0 spiro atoms. The molecule has 2 bridgehead atoms. The summed E-state index contributed by atoms with van der Waals surface area (Å²) in [5.41, 5.74) is 0. The molecule has 4 rings (SSSR count). The topological polar surface area (TPSA) is 23.5 Å². The molecule has 1 N–H and O–H groups in total. The zero-order chi connectivity index (χ0) is 10.4. The van der Waals surface area contributed by atoms with Gasteiger partial charge in [0.15, 0.2) is 0 Å². The highest BCUT2D eigenvalue weighted by Crippen LogP contribution is 2.48. The highest BCUT2D eigenvalue weighted by atomic mass is 16.3. The van der Waals surface area contributed by atoms with Gasteiger partial charge in [-0.2, -0.15) is 0 Å². The monoisotopic (exact) mass is 207 g/mol. The van der Waals surface area contributed by atoms with Gasteiger partial charge in [-0.15, -0.1) is 0 Å². The van der Waals surface area contributed by atoms with Crippen molar-refractivity contribution in [2.45, 2.75) is 25.8 Å². The number of likely N-dealkylation sites (tertiary alicyclic amines) is 1. The van der Waals surface area contributed by atoms with Gasteiger partial charge in [0.25, 0.3) is 0 Å². The smallest absolute Gasteiger partial charge is 0.0584 e. The number of nitrogens with zero attached hydrogens (tertiary/aromatic N) is 1. The van der Waals surface area contributed by atoms with Gasteiger partial charge in [-0.3, -0.25) is 4.90 Å². The Bertz CT molecular complexity index is 254. The first-order valence-electron chi connectivity index (χ1n) is 6.33. The zero-order valence-electron chi connectivity index (χ0n) is 9.47. The van der Waals surface area contributed by atoms with Crippen molar-refractivity contribution in [3.8, 4) is 0 Å². The lowest BCUT2D eigenvalue weighted by molar-refractivity contribution is 0.151. The Hall–Kier alpha value is -0.340. The number of hydrogen-bond donors (Lipinski definition) is 1. The van der Waals surface area contributed by atoms with Crippen molar-refractivity contribution in [3.05, 3.63) is 12.2 Å². The van der Waals surface area contributed by atoms with E-state index in [1.54, 1.807) is 0 Å². The quantitative estimate of drug-likeness (QED) is 0.694. The van der Waals surface area contributed by atoms with Gasteiger partial charge in [-0.05, 0) is 43.4 Å². The van der Waals surface area contributed by atoms with Crippen LogP contribution in [0.5, 0.6) is 0 Å². The van der Waals surface area contributed by atoms with Gasteiger partial charge in [-0.1, -0.05) is 12.2 Å². The second-order valence-corrected chi connectivity index (χ2v) is 5.60. The predicted octanol–water partition coefficient (Wildman–Crippen LogP) is 1.51. The van der Waals surface area contributed by atoms with Gasteiger partial charge in [0, 0.05) is 19.1 Å². The molecule has 15 heavy (non-hydrogen) atoms. The van der Waals surface area contributed by atoms with Gasteiger partial charge in [0.2, 0.25) is 0 Å². The second-order valence-electron chi connectivity index (χ2n) is 5.60. The van der Waals surface area contributed by atoms with Crippen LogP contribution in [-0.2, 0) is 0 Å². The maximum Gasteiger partial charge on any atom is 0.0584 e. The van der Waals surface area contributed by atoms with Crippen LogP contribution in [0.25, 0.3) is 0 Å². The fourth-order valence-electron chi connectivity index (χ4n) is 3.84.